The number of nitrogens with one attached hydrogen (secondary N) is 1. The number of pyridine rings is 1. The third-order valence-corrected chi connectivity index (χ3v) is 4.82. The van der Waals surface area contributed by atoms with Crippen LogP contribution in [0.15, 0.2) is 24.3 Å². The molecule has 1 aliphatic heterocycles. The maximum absolute atomic E-state index is 6.20. The standard InChI is InChI=1S/C18H22N6/c1-11-7-3-4-8-12(11)14-16(24-9-5-2-6-10-24)13-15(18(20)21-14)22-23-17(13)19/h3-4,7-8H,2,5-6,9-10H2,1H3,(H2,20,21)(H3,19,22,23). The molecule has 1 aromatic carbocycles. The largest absolute Gasteiger partial charge is 0.382 e. The minimum absolute atomic E-state index is 0.438. The van der Waals surface area contributed by atoms with Crippen LogP contribution < -0.4 is 16.4 Å². The first-order valence-corrected chi connectivity index (χ1v) is 8.41. The van der Waals surface area contributed by atoms with Gasteiger partial charge >= 0.3 is 0 Å². The van der Waals surface area contributed by atoms with Crippen molar-refractivity contribution in [1.29, 1.82) is 0 Å². The van der Waals surface area contributed by atoms with Gasteiger partial charge in [0.2, 0.25) is 0 Å². The van der Waals surface area contributed by atoms with Gasteiger partial charge in [-0.3, -0.25) is 5.10 Å². The molecule has 1 aliphatic rings. The first kappa shape index (κ1) is 14.8. The van der Waals surface area contributed by atoms with Crippen LogP contribution in [0, 0.1) is 6.92 Å². The van der Waals surface area contributed by atoms with Gasteiger partial charge < -0.3 is 16.4 Å². The summed E-state index contributed by atoms with van der Waals surface area (Å²) in [5, 5.41) is 8.01. The Kier molecular flexibility index (Phi) is 3.52. The normalized spacial score (nSPS) is 15.1. The Bertz CT molecular complexity index is 892. The molecule has 0 amide bonds. The number of aromatic nitrogens is 3. The molecule has 0 radical (unpaired) electrons. The lowest BCUT2D eigenvalue weighted by atomic mass is 10.00. The highest BCUT2D eigenvalue weighted by atomic mass is 15.2. The SMILES string of the molecule is Cc1ccccc1-c1nc(N)c2[nH]nc(N)c2c1N1CCCCC1. The van der Waals surface area contributed by atoms with Crippen molar-refractivity contribution in [3.8, 4) is 11.3 Å². The van der Waals surface area contributed by atoms with E-state index in [-0.39, 0.29) is 0 Å². The van der Waals surface area contributed by atoms with E-state index >= 15 is 0 Å². The van der Waals surface area contributed by atoms with Gasteiger partial charge in [-0.05, 0) is 31.7 Å². The van der Waals surface area contributed by atoms with Gasteiger partial charge in [-0.15, -0.1) is 0 Å². The molecule has 124 valence electrons. The first-order chi connectivity index (χ1) is 11.7. The van der Waals surface area contributed by atoms with E-state index in [1.165, 1.54) is 24.8 Å². The van der Waals surface area contributed by atoms with Gasteiger partial charge in [0.25, 0.3) is 0 Å². The number of benzene rings is 1. The Labute approximate surface area is 140 Å². The van der Waals surface area contributed by atoms with Crippen LogP contribution in [0.4, 0.5) is 17.3 Å². The summed E-state index contributed by atoms with van der Waals surface area (Å²) in [7, 11) is 0. The van der Waals surface area contributed by atoms with Crippen LogP contribution in [-0.4, -0.2) is 28.3 Å². The van der Waals surface area contributed by atoms with Crippen molar-refractivity contribution >= 4 is 28.2 Å². The second-order valence-electron chi connectivity index (χ2n) is 6.42. The third-order valence-electron chi connectivity index (χ3n) is 4.82. The number of nitrogen functional groups attached to an aromatic ring is 2. The number of aryl methyl sites for hydroxylation is 1. The maximum atomic E-state index is 6.20. The van der Waals surface area contributed by atoms with Gasteiger partial charge in [0.15, 0.2) is 5.82 Å². The number of piperidine rings is 1. The van der Waals surface area contributed by atoms with Crippen molar-refractivity contribution in [3.05, 3.63) is 29.8 Å². The van der Waals surface area contributed by atoms with Crippen molar-refractivity contribution in [2.75, 3.05) is 29.5 Å². The molecule has 0 aliphatic carbocycles. The molecule has 0 atom stereocenters. The molecule has 24 heavy (non-hydrogen) atoms. The smallest absolute Gasteiger partial charge is 0.155 e. The second kappa shape index (κ2) is 5.70. The number of anilines is 3. The summed E-state index contributed by atoms with van der Waals surface area (Å²) in [5.41, 5.74) is 17.3. The lowest BCUT2D eigenvalue weighted by molar-refractivity contribution is 0.579. The van der Waals surface area contributed by atoms with Crippen LogP contribution in [0.5, 0.6) is 0 Å². The van der Waals surface area contributed by atoms with Crippen LogP contribution in [0.1, 0.15) is 24.8 Å². The average Bonchev–Trinajstić information content (AvgIpc) is 2.99. The minimum atomic E-state index is 0.438. The Balaban J connectivity index is 2.05. The van der Waals surface area contributed by atoms with E-state index in [1.807, 2.05) is 12.1 Å². The molecule has 0 spiro atoms. The van der Waals surface area contributed by atoms with Crippen molar-refractivity contribution in [1.82, 2.24) is 15.2 Å². The lowest BCUT2D eigenvalue weighted by Crippen LogP contribution is -2.30. The minimum Gasteiger partial charge on any atom is -0.382 e. The summed E-state index contributed by atoms with van der Waals surface area (Å²) in [6, 6.07) is 8.25. The van der Waals surface area contributed by atoms with Gasteiger partial charge in [-0.1, -0.05) is 24.3 Å². The quantitative estimate of drug-likeness (QED) is 0.673. The van der Waals surface area contributed by atoms with Gasteiger partial charge in [0, 0.05) is 18.7 Å². The van der Waals surface area contributed by atoms with Crippen LogP contribution in [0.2, 0.25) is 0 Å². The number of H-pyrrole nitrogens is 1. The molecule has 3 aromatic rings. The fourth-order valence-electron chi connectivity index (χ4n) is 3.58. The van der Waals surface area contributed by atoms with E-state index in [0.29, 0.717) is 11.6 Å². The summed E-state index contributed by atoms with van der Waals surface area (Å²) in [4.78, 5) is 7.11. The lowest BCUT2D eigenvalue weighted by Gasteiger charge is -2.31. The summed E-state index contributed by atoms with van der Waals surface area (Å²) in [6.45, 7) is 4.10. The molecular formula is C18H22N6. The molecule has 1 fully saturated rings. The number of hydrogen-bond donors (Lipinski definition) is 3. The molecule has 1 saturated heterocycles. The predicted molar refractivity (Wildman–Crippen MR) is 99.0 cm³/mol. The van der Waals surface area contributed by atoms with Crippen LogP contribution in [0.3, 0.4) is 0 Å². The number of nitrogens with two attached hydrogens (primary N) is 2. The third kappa shape index (κ3) is 2.26. The van der Waals surface area contributed by atoms with Crippen molar-refractivity contribution in [2.24, 2.45) is 0 Å². The molecular weight excluding hydrogens is 300 g/mol. The van der Waals surface area contributed by atoms with Gasteiger partial charge in [0.05, 0.1) is 16.8 Å². The number of aromatic amines is 1. The predicted octanol–water partition coefficient (Wildman–Crippen LogP) is 3.09. The Hall–Kier alpha value is -2.76. The molecule has 5 N–H and O–H groups in total. The van der Waals surface area contributed by atoms with Gasteiger partial charge in [0.1, 0.15) is 11.3 Å². The maximum Gasteiger partial charge on any atom is 0.155 e. The molecule has 0 bridgehead atoms. The highest BCUT2D eigenvalue weighted by Gasteiger charge is 2.24. The van der Waals surface area contributed by atoms with Crippen molar-refractivity contribution in [3.63, 3.8) is 0 Å². The zero-order valence-electron chi connectivity index (χ0n) is 13.8. The first-order valence-electron chi connectivity index (χ1n) is 8.41. The van der Waals surface area contributed by atoms with Crippen molar-refractivity contribution in [2.45, 2.75) is 26.2 Å². The van der Waals surface area contributed by atoms with E-state index in [0.717, 1.165) is 40.9 Å². The fourth-order valence-corrected chi connectivity index (χ4v) is 3.58. The highest BCUT2D eigenvalue weighted by Crippen LogP contribution is 2.41. The number of rotatable bonds is 2. The summed E-state index contributed by atoms with van der Waals surface area (Å²) >= 11 is 0. The summed E-state index contributed by atoms with van der Waals surface area (Å²) in [5.74, 6) is 0.919. The highest BCUT2D eigenvalue weighted by molar-refractivity contribution is 6.08. The van der Waals surface area contributed by atoms with E-state index in [1.54, 1.807) is 0 Å². The molecule has 6 heteroatoms. The molecule has 3 heterocycles. The molecule has 6 nitrogen and oxygen atoms in total. The zero-order chi connectivity index (χ0) is 16.7. The van der Waals surface area contributed by atoms with Crippen LogP contribution in [-0.2, 0) is 0 Å². The summed E-state index contributed by atoms with van der Waals surface area (Å²) < 4.78 is 0. The van der Waals surface area contributed by atoms with Crippen LogP contribution in [0.25, 0.3) is 22.2 Å². The number of hydrogen-bond acceptors (Lipinski definition) is 5. The molecule has 4 rings (SSSR count). The number of fused-ring (bicyclic) bond motifs is 1. The Morgan fingerprint density at radius 1 is 1.04 bits per heavy atom. The Morgan fingerprint density at radius 3 is 2.54 bits per heavy atom. The second-order valence-corrected chi connectivity index (χ2v) is 6.42. The average molecular weight is 322 g/mol. The van der Waals surface area contributed by atoms with Gasteiger partial charge in [-0.25, -0.2) is 4.98 Å². The van der Waals surface area contributed by atoms with E-state index < -0.39 is 0 Å². The zero-order valence-corrected chi connectivity index (χ0v) is 13.8. The van der Waals surface area contributed by atoms with Gasteiger partial charge in [-0.2, -0.15) is 5.10 Å². The van der Waals surface area contributed by atoms with Crippen LogP contribution >= 0.6 is 0 Å². The number of nitrogens with zero attached hydrogens (tertiary/aromatic N) is 3. The van der Waals surface area contributed by atoms with E-state index in [9.17, 15) is 0 Å². The van der Waals surface area contributed by atoms with E-state index in [4.69, 9.17) is 16.5 Å². The van der Waals surface area contributed by atoms with E-state index in [2.05, 4.69) is 34.2 Å². The fraction of sp³-hybridized carbons (Fsp3) is 0.333. The molecule has 0 saturated carbocycles. The topological polar surface area (TPSA) is 96.8 Å². The summed E-state index contributed by atoms with van der Waals surface area (Å²) in [6.07, 6.45) is 3.62. The Morgan fingerprint density at radius 2 is 1.79 bits per heavy atom. The molecule has 0 unspecified atom stereocenters. The van der Waals surface area contributed by atoms with Crippen molar-refractivity contribution < 1.29 is 0 Å². The molecule has 2 aromatic heterocycles. The monoisotopic (exact) mass is 322 g/mol.